The Bertz CT molecular complexity index is 944. The Morgan fingerprint density at radius 2 is 1.58 bits per heavy atom. The van der Waals surface area contributed by atoms with Crippen molar-refractivity contribution in [2.75, 3.05) is 5.73 Å². The molecule has 2 aromatic rings. The molecule has 0 fully saturated rings. The molecule has 0 aliphatic carbocycles. The zero-order valence-corrected chi connectivity index (χ0v) is 12.3. The van der Waals surface area contributed by atoms with E-state index in [-0.39, 0.29) is 11.1 Å². The number of carboxylic acids is 3. The lowest BCUT2D eigenvalue weighted by Gasteiger charge is -2.13. The van der Waals surface area contributed by atoms with Crippen molar-refractivity contribution >= 4 is 23.7 Å². The molecule has 6 N–H and O–H groups in total. The molecular formula is C15H12N2O7. The lowest BCUT2D eigenvalue weighted by Crippen LogP contribution is -2.24. The van der Waals surface area contributed by atoms with E-state index in [2.05, 4.69) is 0 Å². The summed E-state index contributed by atoms with van der Waals surface area (Å²) in [6.45, 7) is 1.52. The van der Waals surface area contributed by atoms with Crippen molar-refractivity contribution < 1.29 is 29.7 Å². The van der Waals surface area contributed by atoms with Gasteiger partial charge in [-0.2, -0.15) is 0 Å². The van der Waals surface area contributed by atoms with Gasteiger partial charge in [-0.1, -0.05) is 12.1 Å². The van der Waals surface area contributed by atoms with Crippen LogP contribution in [0.2, 0.25) is 0 Å². The summed E-state index contributed by atoms with van der Waals surface area (Å²) >= 11 is 0. The second-order valence-electron chi connectivity index (χ2n) is 4.94. The van der Waals surface area contributed by atoms with Gasteiger partial charge in [0, 0.05) is 5.56 Å². The summed E-state index contributed by atoms with van der Waals surface area (Å²) in [6.07, 6.45) is 0. The van der Waals surface area contributed by atoms with Gasteiger partial charge in [0.2, 0.25) is 0 Å². The van der Waals surface area contributed by atoms with E-state index in [9.17, 15) is 34.5 Å². The molecule has 0 aliphatic heterocycles. The summed E-state index contributed by atoms with van der Waals surface area (Å²) in [5.41, 5.74) is 2.71. The highest BCUT2D eigenvalue weighted by Gasteiger charge is 2.27. The molecule has 0 bridgehead atoms. The predicted molar refractivity (Wildman–Crippen MR) is 82.5 cm³/mol. The number of carbonyl (C=O) groups is 3. The summed E-state index contributed by atoms with van der Waals surface area (Å²) in [5.74, 6) is -5.02. The van der Waals surface area contributed by atoms with E-state index in [1.54, 1.807) is 0 Å². The number of hydrogen-bond donors (Lipinski definition) is 5. The van der Waals surface area contributed by atoms with Gasteiger partial charge >= 0.3 is 17.9 Å². The van der Waals surface area contributed by atoms with Crippen LogP contribution in [0.5, 0.6) is 0 Å². The summed E-state index contributed by atoms with van der Waals surface area (Å²) in [5, 5.41) is 27.8. The molecule has 0 spiro atoms. The Balaban J connectivity index is 2.99. The molecule has 2 rings (SSSR count). The number of aryl methyl sites for hydroxylation is 1. The summed E-state index contributed by atoms with van der Waals surface area (Å²) in [6, 6.07) is 3.81. The highest BCUT2D eigenvalue weighted by Crippen LogP contribution is 2.30. The second-order valence-corrected chi connectivity index (χ2v) is 4.94. The van der Waals surface area contributed by atoms with Gasteiger partial charge in [-0.3, -0.25) is 4.79 Å². The first-order valence-electron chi connectivity index (χ1n) is 6.51. The molecular weight excluding hydrogens is 320 g/mol. The maximum Gasteiger partial charge on any atom is 0.342 e. The van der Waals surface area contributed by atoms with Crippen LogP contribution in [0.3, 0.4) is 0 Å². The van der Waals surface area contributed by atoms with Crippen LogP contribution in [0.25, 0.3) is 11.1 Å². The SMILES string of the molecule is Cc1ccc(-c2c(C(=O)O)c(N)[nH]c(=O)c2C(=O)O)cc1C(=O)O. The Morgan fingerprint density at radius 1 is 1.00 bits per heavy atom. The number of nitrogens with one attached hydrogen (secondary N) is 1. The maximum absolute atomic E-state index is 11.9. The second kappa shape index (κ2) is 5.88. The van der Waals surface area contributed by atoms with Crippen LogP contribution < -0.4 is 11.3 Å². The number of carboxylic acid groups (broad SMARTS) is 3. The Labute approximate surface area is 134 Å². The van der Waals surface area contributed by atoms with Crippen molar-refractivity contribution in [3.05, 3.63) is 50.8 Å². The minimum Gasteiger partial charge on any atom is -0.478 e. The Kier molecular flexibility index (Phi) is 4.10. The van der Waals surface area contributed by atoms with Gasteiger partial charge in [-0.15, -0.1) is 0 Å². The van der Waals surface area contributed by atoms with Crippen molar-refractivity contribution in [3.63, 3.8) is 0 Å². The molecule has 0 radical (unpaired) electrons. The number of aromatic nitrogens is 1. The first kappa shape index (κ1) is 16.7. The topological polar surface area (TPSA) is 171 Å². The molecule has 0 saturated heterocycles. The Morgan fingerprint density at radius 3 is 2.08 bits per heavy atom. The highest BCUT2D eigenvalue weighted by atomic mass is 16.4. The first-order chi connectivity index (χ1) is 11.1. The number of hydrogen-bond acceptors (Lipinski definition) is 5. The average molecular weight is 332 g/mol. The smallest absolute Gasteiger partial charge is 0.342 e. The summed E-state index contributed by atoms with van der Waals surface area (Å²) < 4.78 is 0. The lowest BCUT2D eigenvalue weighted by atomic mass is 9.93. The molecule has 9 heteroatoms. The molecule has 124 valence electrons. The molecule has 0 atom stereocenters. The number of nitrogens with two attached hydrogens (primary N) is 1. The number of aromatic carboxylic acids is 3. The lowest BCUT2D eigenvalue weighted by molar-refractivity contribution is 0.0683. The van der Waals surface area contributed by atoms with Gasteiger partial charge < -0.3 is 26.0 Å². The molecule has 0 aliphatic rings. The number of pyridine rings is 1. The number of anilines is 1. The number of H-pyrrole nitrogens is 1. The molecule has 0 unspecified atom stereocenters. The van der Waals surface area contributed by atoms with Crippen molar-refractivity contribution in [2.45, 2.75) is 6.92 Å². The Hall–Kier alpha value is -3.62. The van der Waals surface area contributed by atoms with Gasteiger partial charge in [0.25, 0.3) is 5.56 Å². The van der Waals surface area contributed by atoms with Crippen LogP contribution in [0, 0.1) is 6.92 Å². The van der Waals surface area contributed by atoms with Crippen LogP contribution in [-0.4, -0.2) is 38.2 Å². The standard InChI is InChI=1S/C15H12N2O7/c1-5-2-3-6(4-7(5)13(19)20)8-9(14(21)22)11(16)17-12(18)10(8)15(23)24/h2-4H,1H3,(H,19,20)(H,21,22)(H,23,24)(H3,16,17,18). The van der Waals surface area contributed by atoms with Gasteiger partial charge in [0.1, 0.15) is 16.9 Å². The van der Waals surface area contributed by atoms with Crippen molar-refractivity contribution in [3.8, 4) is 11.1 Å². The zero-order valence-electron chi connectivity index (χ0n) is 12.3. The molecule has 1 heterocycles. The third-order valence-corrected chi connectivity index (χ3v) is 3.43. The quantitative estimate of drug-likeness (QED) is 0.552. The highest BCUT2D eigenvalue weighted by molar-refractivity contribution is 6.07. The van der Waals surface area contributed by atoms with E-state index >= 15 is 0 Å². The molecule has 0 amide bonds. The van der Waals surface area contributed by atoms with Crippen LogP contribution in [-0.2, 0) is 0 Å². The number of benzene rings is 1. The zero-order chi connectivity index (χ0) is 18.2. The third-order valence-electron chi connectivity index (χ3n) is 3.43. The van der Waals surface area contributed by atoms with Crippen LogP contribution in [0.15, 0.2) is 23.0 Å². The first-order valence-corrected chi connectivity index (χ1v) is 6.51. The predicted octanol–water partition coefficient (Wildman–Crippen LogP) is 1.03. The molecule has 9 nitrogen and oxygen atoms in total. The van der Waals surface area contributed by atoms with Crippen LogP contribution in [0.4, 0.5) is 5.82 Å². The van der Waals surface area contributed by atoms with Gasteiger partial charge in [-0.05, 0) is 24.1 Å². The van der Waals surface area contributed by atoms with E-state index < -0.39 is 46.0 Å². The van der Waals surface area contributed by atoms with Crippen LogP contribution in [0.1, 0.15) is 36.6 Å². The number of aromatic amines is 1. The summed E-state index contributed by atoms with van der Waals surface area (Å²) in [7, 11) is 0. The van der Waals surface area contributed by atoms with E-state index in [0.717, 1.165) is 6.07 Å². The van der Waals surface area contributed by atoms with Gasteiger partial charge in [0.05, 0.1) is 5.56 Å². The van der Waals surface area contributed by atoms with E-state index in [1.807, 2.05) is 4.98 Å². The van der Waals surface area contributed by atoms with Crippen molar-refractivity contribution in [2.24, 2.45) is 0 Å². The number of nitrogen functional groups attached to an aromatic ring is 1. The summed E-state index contributed by atoms with van der Waals surface area (Å²) in [4.78, 5) is 48.0. The molecule has 24 heavy (non-hydrogen) atoms. The normalized spacial score (nSPS) is 10.4. The molecule has 1 aromatic carbocycles. The fourth-order valence-electron chi connectivity index (χ4n) is 2.34. The molecule has 1 aromatic heterocycles. The van der Waals surface area contributed by atoms with E-state index in [0.29, 0.717) is 5.56 Å². The maximum atomic E-state index is 11.9. The average Bonchev–Trinajstić information content (AvgIpc) is 2.45. The number of rotatable bonds is 4. The fraction of sp³-hybridized carbons (Fsp3) is 0.0667. The fourth-order valence-corrected chi connectivity index (χ4v) is 2.34. The van der Waals surface area contributed by atoms with Crippen molar-refractivity contribution in [1.82, 2.24) is 4.98 Å². The van der Waals surface area contributed by atoms with E-state index in [4.69, 9.17) is 5.73 Å². The van der Waals surface area contributed by atoms with Gasteiger partial charge in [0.15, 0.2) is 0 Å². The van der Waals surface area contributed by atoms with Crippen LogP contribution >= 0.6 is 0 Å². The minimum atomic E-state index is -1.66. The molecule has 0 saturated carbocycles. The largest absolute Gasteiger partial charge is 0.478 e. The van der Waals surface area contributed by atoms with Crippen molar-refractivity contribution in [1.29, 1.82) is 0 Å². The van der Waals surface area contributed by atoms with Gasteiger partial charge in [-0.25, -0.2) is 14.4 Å². The minimum absolute atomic E-state index is 0.0504. The monoisotopic (exact) mass is 332 g/mol. The third kappa shape index (κ3) is 2.70. The van der Waals surface area contributed by atoms with E-state index in [1.165, 1.54) is 19.1 Å².